The molecule has 1 aliphatic rings. The van der Waals surface area contributed by atoms with Gasteiger partial charge < -0.3 is 4.74 Å². The summed E-state index contributed by atoms with van der Waals surface area (Å²) >= 11 is 5.39. The molecule has 0 amide bonds. The lowest BCUT2D eigenvalue weighted by molar-refractivity contribution is -0.0185. The molecule has 1 fully saturated rings. The summed E-state index contributed by atoms with van der Waals surface area (Å²) in [4.78, 5) is 0. The van der Waals surface area contributed by atoms with E-state index >= 15 is 0 Å². The van der Waals surface area contributed by atoms with Gasteiger partial charge in [-0.25, -0.2) is 4.39 Å². The van der Waals surface area contributed by atoms with E-state index in [4.69, 9.17) is 16.3 Å². The van der Waals surface area contributed by atoms with Crippen LogP contribution in [0.5, 0.6) is 0 Å². The number of halogens is 2. The fourth-order valence-corrected chi connectivity index (χ4v) is 1.43. The van der Waals surface area contributed by atoms with Crippen molar-refractivity contribution in [1.29, 1.82) is 0 Å². The summed E-state index contributed by atoms with van der Waals surface area (Å²) in [6.45, 7) is 0.694. The minimum atomic E-state index is -0.982. The molecule has 0 aliphatic carbocycles. The van der Waals surface area contributed by atoms with Gasteiger partial charge in [-0.2, -0.15) is 0 Å². The largest absolute Gasteiger partial charge is 0.375 e. The van der Waals surface area contributed by atoms with Crippen LogP contribution in [0, 0.1) is 0 Å². The van der Waals surface area contributed by atoms with Gasteiger partial charge in [0, 0.05) is 12.5 Å². The summed E-state index contributed by atoms with van der Waals surface area (Å²) in [7, 11) is 0. The van der Waals surface area contributed by atoms with Gasteiger partial charge in [0.1, 0.15) is 6.17 Å². The molecule has 1 rings (SSSR count). The Labute approximate surface area is 77.5 Å². The van der Waals surface area contributed by atoms with Gasteiger partial charge in [-0.3, -0.25) is 0 Å². The van der Waals surface area contributed by atoms with Gasteiger partial charge in [0.05, 0.1) is 6.10 Å². The normalized spacial score (nSPS) is 27.7. The van der Waals surface area contributed by atoms with Crippen LogP contribution in [0.25, 0.3) is 0 Å². The van der Waals surface area contributed by atoms with Crippen molar-refractivity contribution in [3.8, 4) is 0 Å². The highest BCUT2D eigenvalue weighted by molar-refractivity contribution is 6.18. The van der Waals surface area contributed by atoms with Crippen LogP contribution in [-0.2, 0) is 4.74 Å². The van der Waals surface area contributed by atoms with E-state index in [0.29, 0.717) is 12.5 Å². The average Bonchev–Trinajstić information content (AvgIpc) is 2.15. The zero-order valence-electron chi connectivity index (χ0n) is 7.01. The van der Waals surface area contributed by atoms with Crippen LogP contribution in [0.1, 0.15) is 19.3 Å². The second-order valence-corrected chi connectivity index (χ2v) is 3.24. The Balaban J connectivity index is 2.29. The van der Waals surface area contributed by atoms with Crippen molar-refractivity contribution in [2.75, 3.05) is 12.5 Å². The zero-order chi connectivity index (χ0) is 8.81. The summed E-state index contributed by atoms with van der Waals surface area (Å²) in [5.74, 6) is 0.368. The van der Waals surface area contributed by atoms with Crippen molar-refractivity contribution in [3.05, 3.63) is 12.2 Å². The second kappa shape index (κ2) is 5.55. The number of alkyl halides is 2. The summed E-state index contributed by atoms with van der Waals surface area (Å²) in [6.07, 6.45) is 4.85. The van der Waals surface area contributed by atoms with Crippen molar-refractivity contribution in [1.82, 2.24) is 0 Å². The first kappa shape index (κ1) is 10.0. The SMILES string of the molecule is FC(/C=C\CCl)C1CCCCO1. The van der Waals surface area contributed by atoms with Gasteiger partial charge in [0.2, 0.25) is 0 Å². The highest BCUT2D eigenvalue weighted by atomic mass is 35.5. The Morgan fingerprint density at radius 1 is 1.58 bits per heavy atom. The number of ether oxygens (including phenoxy) is 1. The maximum absolute atomic E-state index is 13.2. The average molecular weight is 193 g/mol. The van der Waals surface area contributed by atoms with Crippen molar-refractivity contribution in [2.45, 2.75) is 31.5 Å². The predicted octanol–water partition coefficient (Wildman–Crippen LogP) is 2.69. The van der Waals surface area contributed by atoms with Gasteiger partial charge in [-0.05, 0) is 19.3 Å². The monoisotopic (exact) mass is 192 g/mol. The molecule has 0 aromatic carbocycles. The van der Waals surface area contributed by atoms with Crippen LogP contribution in [-0.4, -0.2) is 24.8 Å². The first-order valence-corrected chi connectivity index (χ1v) is 4.86. The maximum atomic E-state index is 13.2. The van der Waals surface area contributed by atoms with E-state index in [1.165, 1.54) is 6.08 Å². The smallest absolute Gasteiger partial charge is 0.144 e. The molecule has 1 saturated heterocycles. The molecule has 0 N–H and O–H groups in total. The molecule has 12 heavy (non-hydrogen) atoms. The number of hydrogen-bond acceptors (Lipinski definition) is 1. The first-order chi connectivity index (χ1) is 5.84. The molecule has 0 aromatic heterocycles. The topological polar surface area (TPSA) is 9.23 Å². The van der Waals surface area contributed by atoms with Gasteiger partial charge in [-0.1, -0.05) is 12.2 Å². The lowest BCUT2D eigenvalue weighted by atomic mass is 10.1. The van der Waals surface area contributed by atoms with Crippen LogP contribution in [0.15, 0.2) is 12.2 Å². The van der Waals surface area contributed by atoms with Crippen LogP contribution < -0.4 is 0 Å². The van der Waals surface area contributed by atoms with Crippen LogP contribution >= 0.6 is 11.6 Å². The van der Waals surface area contributed by atoms with E-state index in [1.54, 1.807) is 6.08 Å². The van der Waals surface area contributed by atoms with Gasteiger partial charge in [-0.15, -0.1) is 11.6 Å². The molecule has 70 valence electrons. The summed E-state index contributed by atoms with van der Waals surface area (Å²) in [6, 6.07) is 0. The predicted molar refractivity (Wildman–Crippen MR) is 48.3 cm³/mol. The lowest BCUT2D eigenvalue weighted by Crippen LogP contribution is -2.27. The molecular weight excluding hydrogens is 179 g/mol. The van der Waals surface area contributed by atoms with Crippen molar-refractivity contribution in [2.24, 2.45) is 0 Å². The molecule has 2 unspecified atom stereocenters. The molecule has 0 aromatic rings. The van der Waals surface area contributed by atoms with E-state index in [-0.39, 0.29) is 6.10 Å². The number of hydrogen-bond donors (Lipinski definition) is 0. The molecular formula is C9H14ClFO. The number of rotatable bonds is 3. The molecule has 1 aliphatic heterocycles. The summed E-state index contributed by atoms with van der Waals surface area (Å²) in [5.41, 5.74) is 0. The molecule has 0 radical (unpaired) electrons. The molecule has 2 atom stereocenters. The molecule has 0 bridgehead atoms. The lowest BCUT2D eigenvalue weighted by Gasteiger charge is -2.23. The molecule has 0 saturated carbocycles. The Hall–Kier alpha value is -0.0800. The van der Waals surface area contributed by atoms with E-state index in [9.17, 15) is 4.39 Å². The fourth-order valence-electron chi connectivity index (χ4n) is 1.32. The van der Waals surface area contributed by atoms with E-state index in [0.717, 1.165) is 19.3 Å². The third-order valence-electron chi connectivity index (χ3n) is 1.98. The van der Waals surface area contributed by atoms with Crippen molar-refractivity contribution < 1.29 is 9.13 Å². The van der Waals surface area contributed by atoms with E-state index < -0.39 is 6.17 Å². The Morgan fingerprint density at radius 3 is 3.00 bits per heavy atom. The third kappa shape index (κ3) is 3.11. The Bertz CT molecular complexity index is 143. The van der Waals surface area contributed by atoms with Crippen molar-refractivity contribution in [3.63, 3.8) is 0 Å². The van der Waals surface area contributed by atoms with Gasteiger partial charge in [0.25, 0.3) is 0 Å². The van der Waals surface area contributed by atoms with E-state index in [1.807, 2.05) is 0 Å². The second-order valence-electron chi connectivity index (χ2n) is 2.93. The zero-order valence-corrected chi connectivity index (χ0v) is 7.77. The molecule has 3 heteroatoms. The minimum Gasteiger partial charge on any atom is -0.375 e. The summed E-state index contributed by atoms with van der Waals surface area (Å²) < 4.78 is 18.5. The minimum absolute atomic E-state index is 0.238. The van der Waals surface area contributed by atoms with Gasteiger partial charge >= 0.3 is 0 Å². The highest BCUT2D eigenvalue weighted by Crippen LogP contribution is 2.18. The van der Waals surface area contributed by atoms with Crippen LogP contribution in [0.2, 0.25) is 0 Å². The number of allylic oxidation sites excluding steroid dienone is 1. The quantitative estimate of drug-likeness (QED) is 0.494. The third-order valence-corrected chi connectivity index (χ3v) is 2.16. The summed E-state index contributed by atoms with van der Waals surface area (Å²) in [5, 5.41) is 0. The standard InChI is InChI=1S/C9H14ClFO/c10-6-3-4-8(11)9-5-1-2-7-12-9/h3-4,8-9H,1-2,5-7H2/b4-3-. The first-order valence-electron chi connectivity index (χ1n) is 4.33. The van der Waals surface area contributed by atoms with E-state index in [2.05, 4.69) is 0 Å². The van der Waals surface area contributed by atoms with Crippen LogP contribution in [0.3, 0.4) is 0 Å². The fraction of sp³-hybridized carbons (Fsp3) is 0.778. The highest BCUT2D eigenvalue weighted by Gasteiger charge is 2.21. The van der Waals surface area contributed by atoms with Crippen LogP contribution in [0.4, 0.5) is 4.39 Å². The van der Waals surface area contributed by atoms with Crippen molar-refractivity contribution >= 4 is 11.6 Å². The maximum Gasteiger partial charge on any atom is 0.144 e. The molecule has 0 spiro atoms. The Morgan fingerprint density at radius 2 is 2.42 bits per heavy atom. The molecule has 1 nitrogen and oxygen atoms in total. The molecule has 1 heterocycles. The van der Waals surface area contributed by atoms with Gasteiger partial charge in [0.15, 0.2) is 0 Å². The Kier molecular flexibility index (Phi) is 4.62.